The van der Waals surface area contributed by atoms with Crippen molar-refractivity contribution in [1.29, 1.82) is 0 Å². The van der Waals surface area contributed by atoms with E-state index in [-0.39, 0.29) is 5.91 Å². The Labute approximate surface area is 131 Å². The number of hydrogen-bond donors (Lipinski definition) is 2. The van der Waals surface area contributed by atoms with Crippen molar-refractivity contribution in [2.24, 2.45) is 5.73 Å². The van der Waals surface area contributed by atoms with Gasteiger partial charge >= 0.3 is 0 Å². The number of nitrogens with one attached hydrogen (secondary N) is 1. The molecule has 2 aromatic rings. The van der Waals surface area contributed by atoms with Crippen LogP contribution in [0.15, 0.2) is 48.5 Å². The fraction of sp³-hybridized carbons (Fsp3) is 0.278. The zero-order chi connectivity index (χ0) is 15.8. The summed E-state index contributed by atoms with van der Waals surface area (Å²) in [5, 5.41) is 2.89. The van der Waals surface area contributed by atoms with Gasteiger partial charge in [0.05, 0.1) is 0 Å². The fourth-order valence-corrected chi connectivity index (χ4v) is 2.05. The minimum absolute atomic E-state index is 0.0104. The Hall–Kier alpha value is -2.33. The highest BCUT2D eigenvalue weighted by Gasteiger charge is 2.03. The molecule has 3 N–H and O–H groups in total. The molecule has 2 rings (SSSR count). The first-order valence-corrected chi connectivity index (χ1v) is 7.46. The van der Waals surface area contributed by atoms with Gasteiger partial charge in [0.25, 0.3) is 0 Å². The number of aryl methyl sites for hydroxylation is 2. The molecule has 0 aliphatic carbocycles. The van der Waals surface area contributed by atoms with E-state index in [4.69, 9.17) is 10.5 Å². The number of ether oxygens (including phenoxy) is 1. The molecule has 4 heteroatoms. The van der Waals surface area contributed by atoms with E-state index in [1.165, 1.54) is 11.1 Å². The standard InChI is InChI=1S/C18H22N2O2/c1-14-2-4-15(5-3-14)6-11-18(21)20-16-7-9-17(10-8-16)22-13-12-19/h2-5,7-10H,6,11-13,19H2,1H3,(H,20,21). The number of amides is 1. The van der Waals surface area contributed by atoms with Crippen molar-refractivity contribution in [3.63, 3.8) is 0 Å². The van der Waals surface area contributed by atoms with Gasteiger partial charge in [-0.15, -0.1) is 0 Å². The summed E-state index contributed by atoms with van der Waals surface area (Å²) in [7, 11) is 0. The highest BCUT2D eigenvalue weighted by atomic mass is 16.5. The minimum atomic E-state index is 0.0104. The number of rotatable bonds is 7. The topological polar surface area (TPSA) is 64.3 Å². The lowest BCUT2D eigenvalue weighted by Crippen LogP contribution is -2.12. The number of carbonyl (C=O) groups excluding carboxylic acids is 1. The second kappa shape index (κ2) is 8.20. The van der Waals surface area contributed by atoms with E-state index < -0.39 is 0 Å². The first-order chi connectivity index (χ1) is 10.7. The van der Waals surface area contributed by atoms with Crippen LogP contribution >= 0.6 is 0 Å². The molecule has 0 fully saturated rings. The summed E-state index contributed by atoms with van der Waals surface area (Å²) in [6.07, 6.45) is 1.21. The maximum atomic E-state index is 12.0. The van der Waals surface area contributed by atoms with Crippen molar-refractivity contribution in [3.8, 4) is 5.75 Å². The number of anilines is 1. The normalized spacial score (nSPS) is 10.3. The first-order valence-electron chi connectivity index (χ1n) is 7.46. The van der Waals surface area contributed by atoms with Gasteiger partial charge in [0, 0.05) is 18.7 Å². The largest absolute Gasteiger partial charge is 0.492 e. The molecule has 1 amide bonds. The van der Waals surface area contributed by atoms with E-state index in [1.807, 2.05) is 24.3 Å². The molecule has 4 nitrogen and oxygen atoms in total. The average molecular weight is 298 g/mol. The predicted octanol–water partition coefficient (Wildman–Crippen LogP) is 2.90. The average Bonchev–Trinajstić information content (AvgIpc) is 2.54. The second-order valence-corrected chi connectivity index (χ2v) is 5.20. The van der Waals surface area contributed by atoms with Crippen molar-refractivity contribution in [1.82, 2.24) is 0 Å². The molecule has 0 heterocycles. The van der Waals surface area contributed by atoms with Gasteiger partial charge in [-0.3, -0.25) is 4.79 Å². The fourth-order valence-electron chi connectivity index (χ4n) is 2.05. The van der Waals surface area contributed by atoms with Crippen molar-refractivity contribution >= 4 is 11.6 Å². The first kappa shape index (κ1) is 16.0. The molecule has 0 bridgehead atoms. The maximum absolute atomic E-state index is 12.0. The van der Waals surface area contributed by atoms with E-state index >= 15 is 0 Å². The van der Waals surface area contributed by atoms with E-state index in [0.717, 1.165) is 17.9 Å². The summed E-state index contributed by atoms with van der Waals surface area (Å²) in [6, 6.07) is 15.6. The summed E-state index contributed by atoms with van der Waals surface area (Å²) in [4.78, 5) is 12.0. The highest BCUT2D eigenvalue weighted by molar-refractivity contribution is 5.90. The molecule has 0 saturated heterocycles. The Morgan fingerprint density at radius 3 is 2.41 bits per heavy atom. The Morgan fingerprint density at radius 1 is 1.09 bits per heavy atom. The van der Waals surface area contributed by atoms with E-state index in [0.29, 0.717) is 19.6 Å². The summed E-state index contributed by atoms with van der Waals surface area (Å²) < 4.78 is 5.39. The van der Waals surface area contributed by atoms with E-state index in [1.54, 1.807) is 0 Å². The molecule has 0 spiro atoms. The quantitative estimate of drug-likeness (QED) is 0.826. The summed E-state index contributed by atoms with van der Waals surface area (Å²) in [5.41, 5.74) is 8.55. The third-order valence-corrected chi connectivity index (χ3v) is 3.29. The van der Waals surface area contributed by atoms with Gasteiger partial charge < -0.3 is 15.8 Å². The Balaban J connectivity index is 1.80. The van der Waals surface area contributed by atoms with Crippen LogP contribution in [-0.2, 0) is 11.2 Å². The number of benzene rings is 2. The summed E-state index contributed by atoms with van der Waals surface area (Å²) >= 11 is 0. The van der Waals surface area contributed by atoms with Crippen LogP contribution < -0.4 is 15.8 Å². The molecular weight excluding hydrogens is 276 g/mol. The Bertz CT molecular complexity index is 591. The van der Waals surface area contributed by atoms with Crippen LogP contribution in [0.5, 0.6) is 5.75 Å². The molecule has 2 aromatic carbocycles. The second-order valence-electron chi connectivity index (χ2n) is 5.20. The number of carbonyl (C=O) groups is 1. The van der Waals surface area contributed by atoms with Crippen LogP contribution in [0.2, 0.25) is 0 Å². The Morgan fingerprint density at radius 2 is 1.77 bits per heavy atom. The van der Waals surface area contributed by atoms with Crippen molar-refractivity contribution in [2.45, 2.75) is 19.8 Å². The number of hydrogen-bond acceptors (Lipinski definition) is 3. The van der Waals surface area contributed by atoms with Gasteiger partial charge in [0.15, 0.2) is 0 Å². The molecule has 116 valence electrons. The van der Waals surface area contributed by atoms with Crippen molar-refractivity contribution in [2.75, 3.05) is 18.5 Å². The molecular formula is C18H22N2O2. The third-order valence-electron chi connectivity index (χ3n) is 3.29. The lowest BCUT2D eigenvalue weighted by Gasteiger charge is -2.08. The lowest BCUT2D eigenvalue weighted by molar-refractivity contribution is -0.116. The summed E-state index contributed by atoms with van der Waals surface area (Å²) in [5.74, 6) is 0.763. The van der Waals surface area contributed by atoms with Gasteiger partial charge in [-0.2, -0.15) is 0 Å². The van der Waals surface area contributed by atoms with Gasteiger partial charge in [-0.05, 0) is 43.2 Å². The zero-order valence-electron chi connectivity index (χ0n) is 12.8. The molecule has 0 atom stereocenters. The van der Waals surface area contributed by atoms with E-state index in [9.17, 15) is 4.79 Å². The Kier molecular flexibility index (Phi) is 5.98. The molecule has 0 aliphatic heterocycles. The zero-order valence-corrected chi connectivity index (χ0v) is 12.8. The van der Waals surface area contributed by atoms with Gasteiger partial charge in [-0.25, -0.2) is 0 Å². The van der Waals surface area contributed by atoms with Crippen molar-refractivity contribution < 1.29 is 9.53 Å². The number of nitrogens with two attached hydrogens (primary N) is 1. The van der Waals surface area contributed by atoms with Crippen LogP contribution in [0.1, 0.15) is 17.5 Å². The molecule has 0 aliphatic rings. The van der Waals surface area contributed by atoms with Crippen LogP contribution in [0.3, 0.4) is 0 Å². The van der Waals surface area contributed by atoms with E-state index in [2.05, 4.69) is 36.5 Å². The molecule has 0 saturated carbocycles. The van der Waals surface area contributed by atoms with Crippen LogP contribution in [0, 0.1) is 6.92 Å². The minimum Gasteiger partial charge on any atom is -0.492 e. The smallest absolute Gasteiger partial charge is 0.224 e. The van der Waals surface area contributed by atoms with Gasteiger partial charge in [-0.1, -0.05) is 29.8 Å². The van der Waals surface area contributed by atoms with Crippen molar-refractivity contribution in [3.05, 3.63) is 59.7 Å². The third kappa shape index (κ3) is 5.22. The van der Waals surface area contributed by atoms with Crippen LogP contribution in [-0.4, -0.2) is 19.1 Å². The molecule has 22 heavy (non-hydrogen) atoms. The van der Waals surface area contributed by atoms with Crippen LogP contribution in [0.25, 0.3) is 0 Å². The monoisotopic (exact) mass is 298 g/mol. The maximum Gasteiger partial charge on any atom is 0.224 e. The summed E-state index contributed by atoms with van der Waals surface area (Å²) in [6.45, 7) is 3.02. The van der Waals surface area contributed by atoms with Gasteiger partial charge in [0.1, 0.15) is 12.4 Å². The lowest BCUT2D eigenvalue weighted by atomic mass is 10.1. The highest BCUT2D eigenvalue weighted by Crippen LogP contribution is 2.16. The molecule has 0 aromatic heterocycles. The van der Waals surface area contributed by atoms with Gasteiger partial charge in [0.2, 0.25) is 5.91 Å². The van der Waals surface area contributed by atoms with Crippen LogP contribution in [0.4, 0.5) is 5.69 Å². The SMILES string of the molecule is Cc1ccc(CCC(=O)Nc2ccc(OCCN)cc2)cc1. The predicted molar refractivity (Wildman–Crippen MR) is 89.1 cm³/mol. The molecule has 0 radical (unpaired) electrons. The molecule has 0 unspecified atom stereocenters.